The molecule has 0 aliphatic carbocycles. The normalized spacial score (nSPS) is 12.0. The Morgan fingerprint density at radius 1 is 0.425 bits per heavy atom. The van der Waals surface area contributed by atoms with Crippen LogP contribution in [0.25, 0.3) is 0 Å². The Bertz CT molecular complexity index is 533. The second kappa shape index (κ2) is 32.5. The minimum absolute atomic E-state index is 0.168. The van der Waals surface area contributed by atoms with Gasteiger partial charge in [0, 0.05) is 12.8 Å². The third-order valence-electron chi connectivity index (χ3n) is 8.03. The van der Waals surface area contributed by atoms with Crippen molar-refractivity contribution in [3.05, 3.63) is 0 Å². The Hall–Kier alpha value is -1.06. The molecule has 0 bridgehead atoms. The molecule has 0 aliphatic rings. The first-order chi connectivity index (χ1) is 19.6. The van der Waals surface area contributed by atoms with Crippen LogP contribution in [-0.4, -0.2) is 24.6 Å². The van der Waals surface area contributed by atoms with Crippen molar-refractivity contribution in [3.8, 4) is 0 Å². The number of carbonyl (C=O) groups excluding carboxylic acids is 2. The van der Waals surface area contributed by atoms with E-state index in [1.807, 2.05) is 0 Å². The lowest BCUT2D eigenvalue weighted by atomic mass is 10.0. The summed E-state index contributed by atoms with van der Waals surface area (Å²) in [6, 6.07) is 0. The molecule has 0 radical (unpaired) electrons. The van der Waals surface area contributed by atoms with Crippen LogP contribution in [0.1, 0.15) is 207 Å². The number of hydrogen-bond acceptors (Lipinski definition) is 4. The van der Waals surface area contributed by atoms with Crippen LogP contribution in [0.5, 0.6) is 0 Å². The minimum Gasteiger partial charge on any atom is -0.462 e. The average Bonchev–Trinajstić information content (AvgIpc) is 2.94. The molecule has 40 heavy (non-hydrogen) atoms. The van der Waals surface area contributed by atoms with Gasteiger partial charge in [-0.2, -0.15) is 0 Å². The number of unbranched alkanes of at least 4 members (excludes halogenated alkanes) is 25. The van der Waals surface area contributed by atoms with Gasteiger partial charge in [0.1, 0.15) is 12.7 Å². The number of carbonyl (C=O) groups is 2. The fraction of sp³-hybridized carbons (Fsp3) is 0.944. The number of hydrogen-bond donors (Lipinski definition) is 0. The van der Waals surface area contributed by atoms with Gasteiger partial charge in [0.2, 0.25) is 0 Å². The molecular weight excluding hydrogens is 496 g/mol. The van der Waals surface area contributed by atoms with Gasteiger partial charge in [-0.05, 0) is 19.8 Å². The Kier molecular flexibility index (Phi) is 31.6. The van der Waals surface area contributed by atoms with E-state index in [4.69, 9.17) is 9.47 Å². The van der Waals surface area contributed by atoms with Crippen LogP contribution < -0.4 is 0 Å². The van der Waals surface area contributed by atoms with Gasteiger partial charge in [-0.25, -0.2) is 0 Å². The molecule has 0 N–H and O–H groups in total. The molecular formula is C36H70O4. The van der Waals surface area contributed by atoms with Crippen LogP contribution >= 0.6 is 0 Å². The zero-order valence-corrected chi connectivity index (χ0v) is 27.4. The van der Waals surface area contributed by atoms with E-state index in [0.29, 0.717) is 12.8 Å². The van der Waals surface area contributed by atoms with Crippen LogP contribution in [0.2, 0.25) is 0 Å². The predicted octanol–water partition coefficient (Wildman–Crippen LogP) is 11.8. The topological polar surface area (TPSA) is 52.6 Å². The van der Waals surface area contributed by atoms with Gasteiger partial charge in [0.05, 0.1) is 0 Å². The first-order valence-corrected chi connectivity index (χ1v) is 17.9. The van der Waals surface area contributed by atoms with Crippen LogP contribution in [0.15, 0.2) is 0 Å². The van der Waals surface area contributed by atoms with E-state index in [0.717, 1.165) is 25.7 Å². The summed E-state index contributed by atoms with van der Waals surface area (Å²) in [5.74, 6) is -0.337. The van der Waals surface area contributed by atoms with E-state index < -0.39 is 0 Å². The van der Waals surface area contributed by atoms with Crippen molar-refractivity contribution in [2.45, 2.75) is 213 Å². The fourth-order valence-electron chi connectivity index (χ4n) is 5.35. The Morgan fingerprint density at radius 2 is 0.700 bits per heavy atom. The summed E-state index contributed by atoms with van der Waals surface area (Å²) < 4.78 is 10.7. The van der Waals surface area contributed by atoms with Crippen molar-refractivity contribution < 1.29 is 19.1 Å². The molecule has 4 heteroatoms. The standard InChI is InChI=1S/C36H70O4/c1-4-6-8-10-12-14-16-17-18-19-20-22-23-25-27-29-31-35(37)39-33-34(3)40-36(38)32-30-28-26-24-21-15-13-11-9-7-5-2/h34H,4-33H2,1-3H3. The van der Waals surface area contributed by atoms with Crippen LogP contribution in [0.3, 0.4) is 0 Å². The molecule has 0 aromatic carbocycles. The molecule has 0 amide bonds. The summed E-state index contributed by atoms with van der Waals surface area (Å²) in [6.45, 7) is 6.51. The molecule has 4 nitrogen and oxygen atoms in total. The maximum Gasteiger partial charge on any atom is 0.306 e. The first kappa shape index (κ1) is 38.9. The second-order valence-electron chi connectivity index (χ2n) is 12.3. The molecule has 238 valence electrons. The lowest BCUT2D eigenvalue weighted by Crippen LogP contribution is -2.22. The van der Waals surface area contributed by atoms with E-state index >= 15 is 0 Å². The number of rotatable bonds is 32. The van der Waals surface area contributed by atoms with E-state index in [9.17, 15) is 9.59 Å². The van der Waals surface area contributed by atoms with Crippen LogP contribution in [0.4, 0.5) is 0 Å². The van der Waals surface area contributed by atoms with E-state index in [2.05, 4.69) is 13.8 Å². The van der Waals surface area contributed by atoms with Gasteiger partial charge in [0.25, 0.3) is 0 Å². The highest BCUT2D eigenvalue weighted by atomic mass is 16.6. The molecule has 0 rings (SSSR count). The molecule has 0 fully saturated rings. The molecule has 0 spiro atoms. The van der Waals surface area contributed by atoms with E-state index in [1.165, 1.54) is 148 Å². The SMILES string of the molecule is CCCCCCCCCCCCCCCCCCC(=O)OCC(C)OC(=O)CCCCCCCCCCCCC. The summed E-state index contributed by atoms with van der Waals surface area (Å²) in [7, 11) is 0. The van der Waals surface area contributed by atoms with E-state index in [1.54, 1.807) is 6.92 Å². The summed E-state index contributed by atoms with van der Waals surface area (Å²) in [4.78, 5) is 24.0. The predicted molar refractivity (Wildman–Crippen MR) is 172 cm³/mol. The number of esters is 2. The molecule has 0 aromatic heterocycles. The zero-order valence-electron chi connectivity index (χ0n) is 27.4. The van der Waals surface area contributed by atoms with Crippen molar-refractivity contribution >= 4 is 11.9 Å². The van der Waals surface area contributed by atoms with Gasteiger partial charge < -0.3 is 9.47 Å². The summed E-state index contributed by atoms with van der Waals surface area (Å²) >= 11 is 0. The smallest absolute Gasteiger partial charge is 0.306 e. The van der Waals surface area contributed by atoms with Crippen LogP contribution in [0, 0.1) is 0 Å². The molecule has 1 atom stereocenters. The summed E-state index contributed by atoms with van der Waals surface area (Å²) in [6.07, 6.45) is 35.7. The fourth-order valence-corrected chi connectivity index (χ4v) is 5.35. The van der Waals surface area contributed by atoms with Gasteiger partial charge in [0.15, 0.2) is 0 Å². The van der Waals surface area contributed by atoms with Gasteiger partial charge in [-0.3, -0.25) is 9.59 Å². The molecule has 0 saturated carbocycles. The maximum atomic E-state index is 12.0. The Labute approximate surface area is 250 Å². The van der Waals surface area contributed by atoms with Crippen molar-refractivity contribution in [2.75, 3.05) is 6.61 Å². The maximum absolute atomic E-state index is 12.0. The highest BCUT2D eigenvalue weighted by Gasteiger charge is 2.12. The molecule has 0 aliphatic heterocycles. The van der Waals surface area contributed by atoms with Crippen molar-refractivity contribution in [2.24, 2.45) is 0 Å². The monoisotopic (exact) mass is 567 g/mol. The quantitative estimate of drug-likeness (QED) is 0.0600. The Balaban J connectivity index is 3.39. The zero-order chi connectivity index (χ0) is 29.4. The second-order valence-corrected chi connectivity index (χ2v) is 12.3. The first-order valence-electron chi connectivity index (χ1n) is 17.9. The lowest BCUT2D eigenvalue weighted by molar-refractivity contribution is -0.158. The Morgan fingerprint density at radius 3 is 1.02 bits per heavy atom. The van der Waals surface area contributed by atoms with Gasteiger partial charge >= 0.3 is 11.9 Å². The highest BCUT2D eigenvalue weighted by molar-refractivity contribution is 5.70. The largest absolute Gasteiger partial charge is 0.462 e. The highest BCUT2D eigenvalue weighted by Crippen LogP contribution is 2.15. The summed E-state index contributed by atoms with van der Waals surface area (Å²) in [5, 5.41) is 0. The third kappa shape index (κ3) is 31.5. The molecule has 0 saturated heterocycles. The van der Waals surface area contributed by atoms with Crippen LogP contribution in [-0.2, 0) is 19.1 Å². The summed E-state index contributed by atoms with van der Waals surface area (Å²) in [5.41, 5.74) is 0. The lowest BCUT2D eigenvalue weighted by Gasteiger charge is -2.13. The molecule has 0 aromatic rings. The molecule has 1 unspecified atom stereocenters. The minimum atomic E-state index is -0.366. The van der Waals surface area contributed by atoms with Gasteiger partial charge in [-0.15, -0.1) is 0 Å². The number of ether oxygens (including phenoxy) is 2. The van der Waals surface area contributed by atoms with Gasteiger partial charge in [-0.1, -0.05) is 174 Å². The van der Waals surface area contributed by atoms with Crippen molar-refractivity contribution in [1.29, 1.82) is 0 Å². The van der Waals surface area contributed by atoms with Crippen molar-refractivity contribution in [1.82, 2.24) is 0 Å². The molecule has 0 heterocycles. The average molecular weight is 567 g/mol. The van der Waals surface area contributed by atoms with Crippen molar-refractivity contribution in [3.63, 3.8) is 0 Å². The third-order valence-corrected chi connectivity index (χ3v) is 8.03. The van der Waals surface area contributed by atoms with E-state index in [-0.39, 0.29) is 24.6 Å².